The van der Waals surface area contributed by atoms with E-state index in [2.05, 4.69) is 9.80 Å². The molecule has 108 valence electrons. The van der Waals surface area contributed by atoms with E-state index in [1.807, 2.05) is 0 Å². The van der Waals surface area contributed by atoms with Crippen molar-refractivity contribution in [3.63, 3.8) is 0 Å². The highest BCUT2D eigenvalue weighted by atomic mass is 35.5. The van der Waals surface area contributed by atoms with Gasteiger partial charge in [-0.2, -0.15) is 0 Å². The van der Waals surface area contributed by atoms with Gasteiger partial charge >= 0.3 is 0 Å². The number of fused-ring (bicyclic) bond motifs is 6. The van der Waals surface area contributed by atoms with E-state index in [-0.39, 0.29) is 12.4 Å². The van der Waals surface area contributed by atoms with Crippen molar-refractivity contribution < 1.29 is 4.79 Å². The number of hydrogen-bond acceptors (Lipinski definition) is 2. The Balaban J connectivity index is 0.00000110. The molecule has 1 amide bonds. The summed E-state index contributed by atoms with van der Waals surface area (Å²) in [4.78, 5) is 17.7. The molecule has 19 heavy (non-hydrogen) atoms. The first-order chi connectivity index (χ1) is 8.84. The highest BCUT2D eigenvalue weighted by Crippen LogP contribution is 2.43. The average Bonchev–Trinajstić information content (AvgIpc) is 2.44. The standard InChI is InChI=1S/C15H24N2O.ClH/c18-15-12-9-11(13-5-2-4-8-17(13)15)10-16-7-3-1-6-14(12)16;/h11-14H,1-10H2;1H/t11-,12+,13+,14+;/m1./s1. The van der Waals surface area contributed by atoms with Crippen molar-refractivity contribution in [1.29, 1.82) is 0 Å². The lowest BCUT2D eigenvalue weighted by atomic mass is 9.70. The summed E-state index contributed by atoms with van der Waals surface area (Å²) in [6, 6.07) is 1.18. The highest BCUT2D eigenvalue weighted by Gasteiger charge is 2.50. The number of piperidine rings is 4. The normalized spacial score (nSPS) is 42.1. The van der Waals surface area contributed by atoms with Crippen LogP contribution in [0, 0.1) is 11.8 Å². The molecular weight excluding hydrogens is 260 g/mol. The fraction of sp³-hybridized carbons (Fsp3) is 0.933. The molecule has 0 aromatic carbocycles. The van der Waals surface area contributed by atoms with Crippen LogP contribution >= 0.6 is 12.4 Å². The van der Waals surface area contributed by atoms with E-state index < -0.39 is 0 Å². The zero-order valence-corrected chi connectivity index (χ0v) is 12.4. The van der Waals surface area contributed by atoms with Crippen LogP contribution in [0.2, 0.25) is 0 Å². The summed E-state index contributed by atoms with van der Waals surface area (Å²) in [5.41, 5.74) is 0. The van der Waals surface area contributed by atoms with E-state index in [4.69, 9.17) is 0 Å². The third-order valence-corrected chi connectivity index (χ3v) is 5.85. The molecule has 0 N–H and O–H groups in total. The first-order valence-electron chi connectivity index (χ1n) is 7.89. The van der Waals surface area contributed by atoms with Crippen molar-refractivity contribution in [2.75, 3.05) is 19.6 Å². The van der Waals surface area contributed by atoms with Gasteiger partial charge in [0.15, 0.2) is 0 Å². The Kier molecular flexibility index (Phi) is 3.78. The van der Waals surface area contributed by atoms with Crippen molar-refractivity contribution in [3.05, 3.63) is 0 Å². The lowest BCUT2D eigenvalue weighted by Crippen LogP contribution is -2.65. The average molecular weight is 285 g/mol. The summed E-state index contributed by atoms with van der Waals surface area (Å²) >= 11 is 0. The topological polar surface area (TPSA) is 23.6 Å². The molecule has 0 unspecified atom stereocenters. The Morgan fingerprint density at radius 2 is 1.68 bits per heavy atom. The van der Waals surface area contributed by atoms with Gasteiger partial charge in [-0.15, -0.1) is 12.4 Å². The molecule has 4 heteroatoms. The molecule has 2 bridgehead atoms. The Morgan fingerprint density at radius 1 is 0.947 bits per heavy atom. The minimum Gasteiger partial charge on any atom is -0.339 e. The fourth-order valence-electron chi connectivity index (χ4n) is 5.04. The Morgan fingerprint density at radius 3 is 2.53 bits per heavy atom. The second-order valence-electron chi connectivity index (χ2n) is 6.76. The SMILES string of the molecule is Cl.O=C1[C@H]2C[C@H](CN3CCCC[C@@H]23)[C@@H]2CCCCN12. The van der Waals surface area contributed by atoms with E-state index >= 15 is 0 Å². The monoisotopic (exact) mass is 284 g/mol. The third kappa shape index (κ3) is 2.09. The minimum absolute atomic E-state index is 0. The van der Waals surface area contributed by atoms with Crippen LogP contribution in [0.3, 0.4) is 0 Å². The number of carbonyl (C=O) groups excluding carboxylic acids is 1. The molecule has 3 nitrogen and oxygen atoms in total. The van der Waals surface area contributed by atoms with Crippen LogP contribution in [0.1, 0.15) is 44.9 Å². The van der Waals surface area contributed by atoms with Crippen LogP contribution in [0.15, 0.2) is 0 Å². The molecule has 4 aliphatic rings. The van der Waals surface area contributed by atoms with Gasteiger partial charge in [-0.3, -0.25) is 9.69 Å². The molecule has 4 aliphatic heterocycles. The van der Waals surface area contributed by atoms with Crippen LogP contribution in [-0.2, 0) is 4.79 Å². The van der Waals surface area contributed by atoms with Gasteiger partial charge in [0.05, 0.1) is 5.92 Å². The summed E-state index contributed by atoms with van der Waals surface area (Å²) < 4.78 is 0. The second-order valence-corrected chi connectivity index (χ2v) is 6.76. The molecular formula is C15H25ClN2O. The molecule has 4 atom stereocenters. The molecule has 0 radical (unpaired) electrons. The van der Waals surface area contributed by atoms with Gasteiger partial charge in [0.25, 0.3) is 0 Å². The minimum atomic E-state index is 0. The Hall–Kier alpha value is -0.280. The number of halogens is 1. The largest absolute Gasteiger partial charge is 0.339 e. The van der Waals surface area contributed by atoms with E-state index in [9.17, 15) is 4.79 Å². The number of carbonyl (C=O) groups is 1. The number of nitrogens with zero attached hydrogens (tertiary/aromatic N) is 2. The zero-order chi connectivity index (χ0) is 12.1. The van der Waals surface area contributed by atoms with Crippen molar-refractivity contribution in [2.45, 2.75) is 57.0 Å². The van der Waals surface area contributed by atoms with Gasteiger partial charge in [-0.1, -0.05) is 6.42 Å². The van der Waals surface area contributed by atoms with Gasteiger partial charge in [-0.25, -0.2) is 0 Å². The van der Waals surface area contributed by atoms with Gasteiger partial charge < -0.3 is 4.90 Å². The molecule has 0 saturated carbocycles. The molecule has 0 aromatic rings. The molecule has 4 fully saturated rings. The fourth-order valence-corrected chi connectivity index (χ4v) is 5.04. The Labute approximate surface area is 122 Å². The van der Waals surface area contributed by atoms with Gasteiger partial charge in [0.2, 0.25) is 5.91 Å². The third-order valence-electron chi connectivity index (χ3n) is 5.85. The number of hydrogen-bond donors (Lipinski definition) is 0. The van der Waals surface area contributed by atoms with Crippen LogP contribution in [0.25, 0.3) is 0 Å². The van der Waals surface area contributed by atoms with Crippen molar-refractivity contribution >= 4 is 18.3 Å². The van der Waals surface area contributed by atoms with Gasteiger partial charge in [-0.05, 0) is 51.0 Å². The zero-order valence-electron chi connectivity index (χ0n) is 11.6. The molecule has 4 heterocycles. The molecule has 0 spiro atoms. The quantitative estimate of drug-likeness (QED) is 0.681. The summed E-state index contributed by atoms with van der Waals surface area (Å²) in [6.07, 6.45) is 8.97. The van der Waals surface area contributed by atoms with E-state index in [1.165, 1.54) is 58.0 Å². The Bertz CT molecular complexity index is 360. The summed E-state index contributed by atoms with van der Waals surface area (Å²) in [5, 5.41) is 0. The lowest BCUT2D eigenvalue weighted by Gasteiger charge is -2.56. The first-order valence-corrected chi connectivity index (χ1v) is 7.89. The predicted octanol–water partition coefficient (Wildman–Crippen LogP) is 2.29. The second kappa shape index (κ2) is 5.25. The summed E-state index contributed by atoms with van der Waals surface area (Å²) in [5.74, 6) is 1.63. The first kappa shape index (κ1) is 13.7. The van der Waals surface area contributed by atoms with E-state index in [0.717, 1.165) is 12.5 Å². The summed E-state index contributed by atoms with van der Waals surface area (Å²) in [7, 11) is 0. The van der Waals surface area contributed by atoms with Crippen LogP contribution in [0.4, 0.5) is 0 Å². The van der Waals surface area contributed by atoms with Crippen molar-refractivity contribution in [2.24, 2.45) is 11.8 Å². The maximum atomic E-state index is 12.7. The molecule has 0 aromatic heterocycles. The van der Waals surface area contributed by atoms with Crippen molar-refractivity contribution in [1.82, 2.24) is 9.80 Å². The smallest absolute Gasteiger partial charge is 0.227 e. The van der Waals surface area contributed by atoms with Crippen LogP contribution in [-0.4, -0.2) is 47.4 Å². The van der Waals surface area contributed by atoms with Gasteiger partial charge in [0.1, 0.15) is 0 Å². The van der Waals surface area contributed by atoms with Crippen LogP contribution in [0.5, 0.6) is 0 Å². The van der Waals surface area contributed by atoms with Crippen molar-refractivity contribution in [3.8, 4) is 0 Å². The van der Waals surface area contributed by atoms with E-state index in [1.54, 1.807) is 0 Å². The number of amides is 1. The van der Waals surface area contributed by atoms with Gasteiger partial charge in [0, 0.05) is 25.2 Å². The lowest BCUT2D eigenvalue weighted by molar-refractivity contribution is -0.158. The molecule has 0 aliphatic carbocycles. The molecule has 4 saturated heterocycles. The highest BCUT2D eigenvalue weighted by molar-refractivity contribution is 5.85. The maximum Gasteiger partial charge on any atom is 0.227 e. The maximum absolute atomic E-state index is 12.7. The van der Waals surface area contributed by atoms with Crippen LogP contribution < -0.4 is 0 Å². The molecule has 4 rings (SSSR count). The van der Waals surface area contributed by atoms with E-state index in [0.29, 0.717) is 23.9 Å². The predicted molar refractivity (Wildman–Crippen MR) is 77.4 cm³/mol. The summed E-state index contributed by atoms with van der Waals surface area (Å²) in [6.45, 7) is 3.57. The number of rotatable bonds is 0.